The van der Waals surface area contributed by atoms with Crippen LogP contribution in [0.1, 0.15) is 39.0 Å². The minimum absolute atomic E-state index is 0.317. The molecule has 3 rings (SSSR count). The number of alkyl halides is 3. The highest BCUT2D eigenvalue weighted by atomic mass is 19.4. The first-order valence-corrected chi connectivity index (χ1v) is 7.91. The van der Waals surface area contributed by atoms with Gasteiger partial charge in [-0.05, 0) is 59.4 Å². The molecule has 1 amide bonds. The van der Waals surface area contributed by atoms with Gasteiger partial charge in [-0.3, -0.25) is 4.79 Å². The number of hydrogen-bond acceptors (Lipinski definition) is 1. The summed E-state index contributed by atoms with van der Waals surface area (Å²) in [6.07, 6.45) is -0.863. The van der Waals surface area contributed by atoms with E-state index in [1.165, 1.54) is 12.1 Å². The van der Waals surface area contributed by atoms with Crippen LogP contribution in [0.4, 0.5) is 13.2 Å². The molecule has 2 aromatic carbocycles. The Bertz CT molecular complexity index is 909. The third kappa shape index (κ3) is 3.61. The zero-order valence-electron chi connectivity index (χ0n) is 13.7. The monoisotopic (exact) mass is 359 g/mol. The van der Waals surface area contributed by atoms with Gasteiger partial charge in [-0.15, -0.1) is 0 Å². The number of carbonyl (C=O) groups is 1. The molecule has 0 saturated carbocycles. The lowest BCUT2D eigenvalue weighted by atomic mass is 9.85. The summed E-state index contributed by atoms with van der Waals surface area (Å²) in [6.45, 7) is 0. The zero-order chi connectivity index (χ0) is 18.9. The Labute approximate surface area is 148 Å². The Kier molecular flexibility index (Phi) is 4.54. The fraction of sp³-hybridized carbons (Fsp3) is 0.158. The molecule has 4 nitrogen and oxygen atoms in total. The fourth-order valence-electron chi connectivity index (χ4n) is 2.95. The van der Waals surface area contributed by atoms with Gasteiger partial charge in [0.15, 0.2) is 5.96 Å². The number of hydrogen-bond donors (Lipinski definition) is 2. The van der Waals surface area contributed by atoms with E-state index in [1.54, 1.807) is 12.1 Å². The summed E-state index contributed by atoms with van der Waals surface area (Å²) in [5.41, 5.74) is 13.4. The minimum atomic E-state index is -4.38. The average molecular weight is 359 g/mol. The van der Waals surface area contributed by atoms with Crippen LogP contribution in [0.3, 0.4) is 0 Å². The van der Waals surface area contributed by atoms with Gasteiger partial charge in [0.25, 0.3) is 5.91 Å². The average Bonchev–Trinajstić information content (AvgIpc) is 2.59. The van der Waals surface area contributed by atoms with Crippen LogP contribution in [0, 0.1) is 0 Å². The number of aliphatic imine (C=N–C) groups is 1. The number of aryl methyl sites for hydroxylation is 1. The number of carbonyl (C=O) groups excluding carboxylic acids is 1. The van der Waals surface area contributed by atoms with E-state index in [9.17, 15) is 18.0 Å². The van der Waals surface area contributed by atoms with Crippen LogP contribution in [0.5, 0.6) is 0 Å². The third-order valence-electron chi connectivity index (χ3n) is 4.16. The molecule has 0 aliphatic heterocycles. The molecule has 1 aliphatic rings. The van der Waals surface area contributed by atoms with E-state index in [1.807, 2.05) is 12.1 Å². The molecule has 0 atom stereocenters. The van der Waals surface area contributed by atoms with Crippen molar-refractivity contribution in [3.05, 3.63) is 76.4 Å². The summed E-state index contributed by atoms with van der Waals surface area (Å²) < 4.78 is 38.3. The molecule has 0 bridgehead atoms. The Morgan fingerprint density at radius 3 is 2.35 bits per heavy atom. The number of fused-ring (bicyclic) bond motifs is 1. The number of halogens is 3. The van der Waals surface area contributed by atoms with Gasteiger partial charge in [-0.25, -0.2) is 0 Å². The fourth-order valence-corrected chi connectivity index (χ4v) is 2.95. The SMILES string of the molecule is NC(N)=NC(=O)c1ccc2c(c1)C(c1ccc(C(F)(F)F)cc1)=CCC2. The first-order valence-electron chi connectivity index (χ1n) is 7.91. The summed E-state index contributed by atoms with van der Waals surface area (Å²) in [4.78, 5) is 15.6. The van der Waals surface area contributed by atoms with Crippen LogP contribution in [0.25, 0.3) is 5.57 Å². The highest BCUT2D eigenvalue weighted by molar-refractivity contribution is 6.02. The maximum absolute atomic E-state index is 12.8. The predicted octanol–water partition coefficient (Wildman–Crippen LogP) is 3.50. The smallest absolute Gasteiger partial charge is 0.370 e. The number of amides is 1. The molecule has 0 aromatic heterocycles. The van der Waals surface area contributed by atoms with E-state index in [4.69, 9.17) is 11.5 Å². The Balaban J connectivity index is 2.00. The van der Waals surface area contributed by atoms with Crippen molar-refractivity contribution < 1.29 is 18.0 Å². The molecule has 0 unspecified atom stereocenters. The highest BCUT2D eigenvalue weighted by Crippen LogP contribution is 2.35. The van der Waals surface area contributed by atoms with Crippen LogP contribution in [-0.4, -0.2) is 11.9 Å². The minimum Gasteiger partial charge on any atom is -0.370 e. The summed E-state index contributed by atoms with van der Waals surface area (Å²) >= 11 is 0. The maximum Gasteiger partial charge on any atom is 0.416 e. The van der Waals surface area contributed by atoms with Crippen LogP contribution < -0.4 is 11.5 Å². The molecule has 1 aliphatic carbocycles. The number of allylic oxidation sites excluding steroid dienone is 1. The number of rotatable bonds is 2. The molecule has 4 N–H and O–H groups in total. The van der Waals surface area contributed by atoms with Gasteiger partial charge in [0.05, 0.1) is 5.56 Å². The van der Waals surface area contributed by atoms with Gasteiger partial charge in [0.2, 0.25) is 0 Å². The van der Waals surface area contributed by atoms with Crippen molar-refractivity contribution in [2.45, 2.75) is 19.0 Å². The second-order valence-electron chi connectivity index (χ2n) is 5.95. The Hall–Kier alpha value is -3.09. The zero-order valence-corrected chi connectivity index (χ0v) is 13.7. The lowest BCUT2D eigenvalue weighted by molar-refractivity contribution is -0.137. The molecule has 0 radical (unpaired) electrons. The van der Waals surface area contributed by atoms with Crippen molar-refractivity contribution in [2.24, 2.45) is 16.5 Å². The highest BCUT2D eigenvalue weighted by Gasteiger charge is 2.30. The van der Waals surface area contributed by atoms with E-state index in [2.05, 4.69) is 4.99 Å². The predicted molar refractivity (Wildman–Crippen MR) is 93.4 cm³/mol. The van der Waals surface area contributed by atoms with Crippen LogP contribution >= 0.6 is 0 Å². The van der Waals surface area contributed by atoms with Gasteiger partial charge in [0, 0.05) is 5.56 Å². The third-order valence-corrected chi connectivity index (χ3v) is 4.16. The summed E-state index contributed by atoms with van der Waals surface area (Å²) in [5.74, 6) is -0.892. The summed E-state index contributed by atoms with van der Waals surface area (Å²) in [7, 11) is 0. The van der Waals surface area contributed by atoms with E-state index in [0.29, 0.717) is 11.1 Å². The standard InChI is InChI=1S/C19H16F3N3O/c20-19(21,22)14-8-6-12(7-9-14)15-3-1-2-11-4-5-13(10-16(11)15)17(26)25-18(23)24/h3-10H,1-2H2,(H4,23,24,25,26). The summed E-state index contributed by atoms with van der Waals surface area (Å²) in [5, 5.41) is 0. The molecule has 0 saturated heterocycles. The van der Waals surface area contributed by atoms with Gasteiger partial charge in [-0.2, -0.15) is 18.2 Å². The number of nitrogens with zero attached hydrogens (tertiary/aromatic N) is 1. The lowest BCUT2D eigenvalue weighted by Gasteiger charge is -2.19. The van der Waals surface area contributed by atoms with Crippen LogP contribution in [0.15, 0.2) is 53.5 Å². The van der Waals surface area contributed by atoms with E-state index < -0.39 is 17.6 Å². The maximum atomic E-state index is 12.8. The van der Waals surface area contributed by atoms with Crippen LogP contribution in [-0.2, 0) is 12.6 Å². The van der Waals surface area contributed by atoms with Crippen LogP contribution in [0.2, 0.25) is 0 Å². The quantitative estimate of drug-likeness (QED) is 0.636. The molecule has 0 heterocycles. The molecular weight excluding hydrogens is 343 g/mol. The van der Waals surface area contributed by atoms with Crippen molar-refractivity contribution in [2.75, 3.05) is 0 Å². The topological polar surface area (TPSA) is 81.5 Å². The van der Waals surface area contributed by atoms with E-state index >= 15 is 0 Å². The molecule has 134 valence electrons. The van der Waals surface area contributed by atoms with Gasteiger partial charge < -0.3 is 11.5 Å². The van der Waals surface area contributed by atoms with E-state index in [-0.39, 0.29) is 5.96 Å². The van der Waals surface area contributed by atoms with E-state index in [0.717, 1.165) is 41.7 Å². The summed E-state index contributed by atoms with van der Waals surface area (Å²) in [6, 6.07) is 10.1. The van der Waals surface area contributed by atoms with Crippen molar-refractivity contribution in [1.82, 2.24) is 0 Å². The molecule has 2 aromatic rings. The lowest BCUT2D eigenvalue weighted by Crippen LogP contribution is -2.24. The van der Waals surface area contributed by atoms with Gasteiger partial charge in [0.1, 0.15) is 0 Å². The second kappa shape index (κ2) is 6.67. The van der Waals surface area contributed by atoms with Crippen molar-refractivity contribution in [1.29, 1.82) is 0 Å². The van der Waals surface area contributed by atoms with Gasteiger partial charge >= 0.3 is 6.18 Å². The Morgan fingerprint density at radius 1 is 1.04 bits per heavy atom. The first-order chi connectivity index (χ1) is 12.3. The molecule has 26 heavy (non-hydrogen) atoms. The van der Waals surface area contributed by atoms with Gasteiger partial charge in [-0.1, -0.05) is 24.3 Å². The second-order valence-corrected chi connectivity index (χ2v) is 5.95. The normalized spacial score (nSPS) is 13.6. The van der Waals surface area contributed by atoms with Crippen molar-refractivity contribution >= 4 is 17.4 Å². The Morgan fingerprint density at radius 2 is 1.73 bits per heavy atom. The number of nitrogens with two attached hydrogens (primary N) is 2. The molecule has 0 spiro atoms. The van der Waals surface area contributed by atoms with Crippen molar-refractivity contribution in [3.8, 4) is 0 Å². The number of benzene rings is 2. The number of guanidine groups is 1. The molecule has 7 heteroatoms. The largest absolute Gasteiger partial charge is 0.416 e. The van der Waals surface area contributed by atoms with Crippen molar-refractivity contribution in [3.63, 3.8) is 0 Å². The molecule has 0 fully saturated rings. The molecular formula is C19H16F3N3O. The first kappa shape index (κ1) is 17.7.